The Morgan fingerprint density at radius 1 is 1.29 bits per heavy atom. The molecule has 0 aromatic rings. The van der Waals surface area contributed by atoms with E-state index in [1.807, 2.05) is 6.08 Å². The van der Waals surface area contributed by atoms with Gasteiger partial charge in [0.05, 0.1) is 11.8 Å². The molecule has 0 aromatic carbocycles. The highest BCUT2D eigenvalue weighted by molar-refractivity contribution is 5.88. The maximum Gasteiger partial charge on any atom is 0.196 e. The zero-order valence-electron chi connectivity index (χ0n) is 11.2. The number of methoxy groups -OCH3 is 2. The van der Waals surface area contributed by atoms with Crippen LogP contribution in [-0.2, 0) is 9.47 Å². The minimum atomic E-state index is -0.295. The third-order valence-electron chi connectivity index (χ3n) is 3.23. The van der Waals surface area contributed by atoms with Gasteiger partial charge in [-0.15, -0.1) is 6.58 Å². The molecule has 98 valence electrons. The van der Waals surface area contributed by atoms with Gasteiger partial charge < -0.3 is 9.47 Å². The molecule has 0 spiro atoms. The lowest BCUT2D eigenvalue weighted by molar-refractivity contribution is -0.0534. The van der Waals surface area contributed by atoms with Gasteiger partial charge >= 0.3 is 0 Å². The third-order valence-corrected chi connectivity index (χ3v) is 3.23. The Labute approximate surface area is 105 Å². The van der Waals surface area contributed by atoms with Crippen molar-refractivity contribution < 1.29 is 9.47 Å². The van der Waals surface area contributed by atoms with Crippen LogP contribution in [0.4, 0.5) is 0 Å². The number of nitrogens with zero attached hydrogens (tertiary/aromatic N) is 1. The summed E-state index contributed by atoms with van der Waals surface area (Å²) >= 11 is 0. The maximum absolute atomic E-state index is 5.31. The van der Waals surface area contributed by atoms with Crippen LogP contribution in [0.2, 0.25) is 0 Å². The fourth-order valence-electron chi connectivity index (χ4n) is 2.31. The molecule has 0 N–H and O–H groups in total. The van der Waals surface area contributed by atoms with Gasteiger partial charge in [0.1, 0.15) is 0 Å². The summed E-state index contributed by atoms with van der Waals surface area (Å²) < 4.78 is 10.6. The summed E-state index contributed by atoms with van der Waals surface area (Å²) in [6.07, 6.45) is 9.79. The Balaban J connectivity index is 2.64. The quantitative estimate of drug-likeness (QED) is 0.387. The molecule has 0 radical (unpaired) electrons. The average Bonchev–Trinajstić information content (AvgIpc) is 2.38. The van der Waals surface area contributed by atoms with Gasteiger partial charge in [-0.25, -0.2) is 0 Å². The highest BCUT2D eigenvalue weighted by atomic mass is 16.7. The van der Waals surface area contributed by atoms with E-state index in [-0.39, 0.29) is 6.29 Å². The van der Waals surface area contributed by atoms with Gasteiger partial charge in [-0.05, 0) is 25.7 Å². The van der Waals surface area contributed by atoms with Gasteiger partial charge in [-0.2, -0.15) is 0 Å². The minimum absolute atomic E-state index is 0.295. The van der Waals surface area contributed by atoms with E-state index < -0.39 is 0 Å². The summed E-state index contributed by atoms with van der Waals surface area (Å²) in [5.41, 5.74) is 1.03. The smallest absolute Gasteiger partial charge is 0.196 e. The van der Waals surface area contributed by atoms with Crippen LogP contribution in [0.15, 0.2) is 17.6 Å². The Morgan fingerprint density at radius 2 is 1.94 bits per heavy atom. The normalized spacial score (nSPS) is 18.6. The summed E-state index contributed by atoms with van der Waals surface area (Å²) in [4.78, 5) is 4.83. The number of rotatable bonds is 7. The molecular formula is C14H25NO2. The molecule has 0 unspecified atom stereocenters. The lowest BCUT2D eigenvalue weighted by Gasteiger charge is -2.22. The monoisotopic (exact) mass is 239 g/mol. The molecule has 1 aliphatic carbocycles. The maximum atomic E-state index is 5.31. The van der Waals surface area contributed by atoms with E-state index in [2.05, 4.69) is 6.58 Å². The van der Waals surface area contributed by atoms with E-state index >= 15 is 0 Å². The Hall–Kier alpha value is -0.670. The lowest BCUT2D eigenvalue weighted by atomic mass is 9.96. The summed E-state index contributed by atoms with van der Waals surface area (Å²) in [6, 6.07) is 0.469. The molecule has 3 nitrogen and oxygen atoms in total. The Bertz CT molecular complexity index is 241. The standard InChI is InChI=1S/C14H25NO2/c1-4-5-11-13(14(16-2)17-3)15-12-9-7-6-8-10-12/h4,12,14H,1,5-11H2,2-3H3. The molecule has 3 heteroatoms. The number of hydrogen-bond donors (Lipinski definition) is 0. The SMILES string of the molecule is C=CCCC(=NC1CCCCC1)C(OC)OC. The second-order valence-electron chi connectivity index (χ2n) is 4.54. The van der Waals surface area contributed by atoms with Crippen LogP contribution in [0.3, 0.4) is 0 Å². The van der Waals surface area contributed by atoms with Gasteiger partial charge in [0.15, 0.2) is 6.29 Å². The number of allylic oxidation sites excluding steroid dienone is 1. The van der Waals surface area contributed by atoms with E-state index in [9.17, 15) is 0 Å². The molecule has 0 aliphatic heterocycles. The molecule has 0 bridgehead atoms. The zero-order chi connectivity index (χ0) is 12.5. The van der Waals surface area contributed by atoms with Crippen molar-refractivity contribution in [2.24, 2.45) is 4.99 Å². The van der Waals surface area contributed by atoms with Crippen molar-refractivity contribution in [3.05, 3.63) is 12.7 Å². The molecule has 1 rings (SSSR count). The summed E-state index contributed by atoms with van der Waals surface area (Å²) in [7, 11) is 3.33. The third kappa shape index (κ3) is 5.00. The van der Waals surface area contributed by atoms with Crippen LogP contribution in [0.25, 0.3) is 0 Å². The van der Waals surface area contributed by atoms with Crippen molar-refractivity contribution in [1.82, 2.24) is 0 Å². The predicted octanol–water partition coefficient (Wildman–Crippen LogP) is 3.35. The van der Waals surface area contributed by atoms with Crippen LogP contribution in [0.5, 0.6) is 0 Å². The molecule has 0 saturated heterocycles. The largest absolute Gasteiger partial charge is 0.351 e. The molecule has 0 aromatic heterocycles. The summed E-state index contributed by atoms with van der Waals surface area (Å²) in [6.45, 7) is 3.75. The first-order valence-electron chi connectivity index (χ1n) is 6.54. The summed E-state index contributed by atoms with van der Waals surface area (Å²) in [5, 5.41) is 0. The van der Waals surface area contributed by atoms with E-state index in [1.54, 1.807) is 14.2 Å². The van der Waals surface area contributed by atoms with E-state index in [0.717, 1.165) is 18.6 Å². The second-order valence-corrected chi connectivity index (χ2v) is 4.54. The van der Waals surface area contributed by atoms with Crippen LogP contribution >= 0.6 is 0 Å². The fourth-order valence-corrected chi connectivity index (χ4v) is 2.31. The van der Waals surface area contributed by atoms with Crippen molar-refractivity contribution >= 4 is 5.71 Å². The molecule has 0 atom stereocenters. The molecule has 17 heavy (non-hydrogen) atoms. The van der Waals surface area contributed by atoms with Crippen LogP contribution in [0, 0.1) is 0 Å². The molecule has 0 heterocycles. The van der Waals surface area contributed by atoms with Crippen molar-refractivity contribution in [2.45, 2.75) is 57.3 Å². The van der Waals surface area contributed by atoms with Gasteiger partial charge in [0, 0.05) is 14.2 Å². The van der Waals surface area contributed by atoms with E-state index in [4.69, 9.17) is 14.5 Å². The highest BCUT2D eigenvalue weighted by Crippen LogP contribution is 2.21. The Kier molecular flexibility index (Phi) is 7.13. The first-order valence-corrected chi connectivity index (χ1v) is 6.54. The number of aliphatic imine (C=N–C) groups is 1. The molecule has 0 amide bonds. The molecule has 1 fully saturated rings. The van der Waals surface area contributed by atoms with Gasteiger partial charge in [-0.1, -0.05) is 25.3 Å². The molecule has 1 saturated carbocycles. The average molecular weight is 239 g/mol. The van der Waals surface area contributed by atoms with E-state index in [1.165, 1.54) is 32.1 Å². The topological polar surface area (TPSA) is 30.8 Å². The van der Waals surface area contributed by atoms with E-state index in [0.29, 0.717) is 6.04 Å². The van der Waals surface area contributed by atoms with Crippen LogP contribution in [0.1, 0.15) is 44.9 Å². The highest BCUT2D eigenvalue weighted by Gasteiger charge is 2.18. The lowest BCUT2D eigenvalue weighted by Crippen LogP contribution is -2.27. The predicted molar refractivity (Wildman–Crippen MR) is 71.5 cm³/mol. The van der Waals surface area contributed by atoms with Gasteiger partial charge in [0.2, 0.25) is 0 Å². The fraction of sp³-hybridized carbons (Fsp3) is 0.786. The van der Waals surface area contributed by atoms with Crippen molar-refractivity contribution in [1.29, 1.82) is 0 Å². The van der Waals surface area contributed by atoms with Crippen LogP contribution < -0.4 is 0 Å². The first kappa shape index (κ1) is 14.4. The summed E-state index contributed by atoms with van der Waals surface area (Å²) in [5.74, 6) is 0. The Morgan fingerprint density at radius 3 is 2.47 bits per heavy atom. The minimum Gasteiger partial charge on any atom is -0.351 e. The first-order chi connectivity index (χ1) is 8.31. The molecule has 1 aliphatic rings. The van der Waals surface area contributed by atoms with Gasteiger partial charge in [-0.3, -0.25) is 4.99 Å². The van der Waals surface area contributed by atoms with Gasteiger partial charge in [0.25, 0.3) is 0 Å². The van der Waals surface area contributed by atoms with Crippen molar-refractivity contribution in [3.63, 3.8) is 0 Å². The zero-order valence-corrected chi connectivity index (χ0v) is 11.2. The van der Waals surface area contributed by atoms with Crippen molar-refractivity contribution in [2.75, 3.05) is 14.2 Å². The second kappa shape index (κ2) is 8.43. The van der Waals surface area contributed by atoms with Crippen LogP contribution in [-0.4, -0.2) is 32.3 Å². The number of hydrogen-bond acceptors (Lipinski definition) is 3. The number of ether oxygens (including phenoxy) is 2. The van der Waals surface area contributed by atoms with Crippen molar-refractivity contribution in [3.8, 4) is 0 Å². The molecular weight excluding hydrogens is 214 g/mol.